The Bertz CT molecular complexity index is 808. The largest absolute Gasteiger partial charge is 0.293 e. The lowest BCUT2D eigenvalue weighted by Crippen LogP contribution is -2.30. The van der Waals surface area contributed by atoms with Gasteiger partial charge >= 0.3 is 0 Å². The van der Waals surface area contributed by atoms with Crippen LogP contribution in [0.25, 0.3) is 10.4 Å². The Balaban J connectivity index is 1.44. The van der Waals surface area contributed by atoms with Gasteiger partial charge in [0.25, 0.3) is 0 Å². The highest BCUT2D eigenvalue weighted by atomic mass is 32.1. The average molecular weight is 356 g/mol. The Hall–Kier alpha value is -1.56. The predicted molar refractivity (Wildman–Crippen MR) is 101 cm³/mol. The van der Waals surface area contributed by atoms with Gasteiger partial charge in [0.05, 0.1) is 0 Å². The van der Waals surface area contributed by atoms with Crippen molar-refractivity contribution in [3.05, 3.63) is 57.1 Å². The highest BCUT2D eigenvalue weighted by Crippen LogP contribution is 2.31. The third kappa shape index (κ3) is 3.43. The first kappa shape index (κ1) is 15.9. The minimum Gasteiger partial charge on any atom is -0.293 e. The van der Waals surface area contributed by atoms with E-state index < -0.39 is 0 Å². The van der Waals surface area contributed by atoms with Gasteiger partial charge in [-0.05, 0) is 35.4 Å². The lowest BCUT2D eigenvalue weighted by Gasteiger charge is -2.27. The molecule has 0 saturated heterocycles. The Labute approximate surface area is 151 Å². The molecule has 0 fully saturated rings. The summed E-state index contributed by atoms with van der Waals surface area (Å²) in [6, 6.07) is 6.72. The summed E-state index contributed by atoms with van der Waals surface area (Å²) in [5.74, 6) is 1.00. The molecule has 1 aliphatic rings. The van der Waals surface area contributed by atoms with E-state index in [9.17, 15) is 0 Å². The second-order valence-electron chi connectivity index (χ2n) is 6.25. The Morgan fingerprint density at radius 2 is 2.21 bits per heavy atom. The van der Waals surface area contributed by atoms with Crippen molar-refractivity contribution >= 4 is 22.7 Å². The van der Waals surface area contributed by atoms with Crippen molar-refractivity contribution in [3.8, 4) is 10.4 Å². The van der Waals surface area contributed by atoms with Gasteiger partial charge in [-0.3, -0.25) is 4.90 Å². The molecule has 0 atom stereocenters. The number of thiophene rings is 2. The summed E-state index contributed by atoms with van der Waals surface area (Å²) in [5, 5.41) is 4.36. The molecule has 0 radical (unpaired) electrons. The molecule has 4 rings (SSSR count). The highest BCUT2D eigenvalue weighted by Gasteiger charge is 2.19. The second-order valence-corrected chi connectivity index (χ2v) is 8.20. The van der Waals surface area contributed by atoms with Gasteiger partial charge in [0.1, 0.15) is 5.82 Å². The topological polar surface area (TPSA) is 29.0 Å². The first-order chi connectivity index (χ1) is 11.8. The Morgan fingerprint density at radius 1 is 1.25 bits per heavy atom. The van der Waals surface area contributed by atoms with E-state index in [0.29, 0.717) is 0 Å². The first-order valence-corrected chi connectivity index (χ1v) is 10.2. The zero-order chi connectivity index (χ0) is 16.4. The van der Waals surface area contributed by atoms with Crippen LogP contribution in [-0.2, 0) is 25.9 Å². The number of hydrogen-bond donors (Lipinski definition) is 0. The van der Waals surface area contributed by atoms with Crippen LogP contribution in [0.2, 0.25) is 0 Å². The van der Waals surface area contributed by atoms with E-state index in [1.165, 1.54) is 26.6 Å². The Kier molecular flexibility index (Phi) is 4.74. The number of fused-ring (bicyclic) bond motifs is 1. The van der Waals surface area contributed by atoms with Crippen molar-refractivity contribution in [2.75, 3.05) is 6.54 Å². The number of aromatic nitrogens is 2. The van der Waals surface area contributed by atoms with Gasteiger partial charge < -0.3 is 0 Å². The number of hydrogen-bond acceptors (Lipinski definition) is 5. The first-order valence-electron chi connectivity index (χ1n) is 8.49. The summed E-state index contributed by atoms with van der Waals surface area (Å²) in [6.45, 7) is 5.25. The van der Waals surface area contributed by atoms with E-state index in [2.05, 4.69) is 45.8 Å². The van der Waals surface area contributed by atoms with Crippen LogP contribution >= 0.6 is 22.7 Å². The van der Waals surface area contributed by atoms with Crippen molar-refractivity contribution in [2.24, 2.45) is 0 Å². The molecule has 4 heterocycles. The van der Waals surface area contributed by atoms with Crippen molar-refractivity contribution in [3.63, 3.8) is 0 Å². The molecular formula is C19H21N3S2. The summed E-state index contributed by atoms with van der Waals surface area (Å²) >= 11 is 3.67. The molecule has 0 spiro atoms. The van der Waals surface area contributed by atoms with E-state index >= 15 is 0 Å². The van der Waals surface area contributed by atoms with Crippen LogP contribution in [0.4, 0.5) is 0 Å². The lowest BCUT2D eigenvalue weighted by molar-refractivity contribution is 0.244. The molecule has 1 aliphatic heterocycles. The van der Waals surface area contributed by atoms with Crippen LogP contribution in [0.3, 0.4) is 0 Å². The fourth-order valence-electron chi connectivity index (χ4n) is 3.14. The molecular weight excluding hydrogens is 334 g/mol. The zero-order valence-corrected chi connectivity index (χ0v) is 15.5. The molecule has 0 aromatic carbocycles. The van der Waals surface area contributed by atoms with Crippen LogP contribution in [0, 0.1) is 0 Å². The molecule has 24 heavy (non-hydrogen) atoms. The maximum Gasteiger partial charge on any atom is 0.128 e. The minimum atomic E-state index is 0.966. The maximum absolute atomic E-state index is 4.75. The molecule has 0 unspecified atom stereocenters. The van der Waals surface area contributed by atoms with Crippen LogP contribution in [-0.4, -0.2) is 21.4 Å². The monoisotopic (exact) mass is 355 g/mol. The second kappa shape index (κ2) is 7.13. The molecule has 0 N–H and O–H groups in total. The number of rotatable bonds is 5. The molecule has 3 nitrogen and oxygen atoms in total. The maximum atomic E-state index is 4.75. The van der Waals surface area contributed by atoms with E-state index in [1.54, 1.807) is 11.3 Å². The van der Waals surface area contributed by atoms with Crippen LogP contribution in [0.5, 0.6) is 0 Å². The van der Waals surface area contributed by atoms with E-state index in [0.717, 1.165) is 44.7 Å². The van der Waals surface area contributed by atoms with Gasteiger partial charge in [0.2, 0.25) is 0 Å². The van der Waals surface area contributed by atoms with Gasteiger partial charge in [-0.25, -0.2) is 9.97 Å². The lowest BCUT2D eigenvalue weighted by atomic mass is 10.1. The van der Waals surface area contributed by atoms with Crippen molar-refractivity contribution in [1.29, 1.82) is 0 Å². The van der Waals surface area contributed by atoms with Crippen LogP contribution in [0.15, 0.2) is 35.2 Å². The zero-order valence-electron chi connectivity index (χ0n) is 13.9. The normalized spacial score (nSPS) is 14.7. The molecule has 0 bridgehead atoms. The van der Waals surface area contributed by atoms with Crippen LogP contribution in [0.1, 0.15) is 35.3 Å². The van der Waals surface area contributed by atoms with Gasteiger partial charge in [-0.15, -0.1) is 11.3 Å². The Morgan fingerprint density at radius 3 is 3.04 bits per heavy atom. The number of aryl methyl sites for hydroxylation is 1. The summed E-state index contributed by atoms with van der Waals surface area (Å²) in [4.78, 5) is 14.6. The molecule has 3 aromatic rings. The molecule has 0 saturated carbocycles. The van der Waals surface area contributed by atoms with Gasteiger partial charge in [0, 0.05) is 65.2 Å². The third-order valence-corrected chi connectivity index (χ3v) is 6.19. The van der Waals surface area contributed by atoms with E-state index in [1.807, 2.05) is 17.5 Å². The van der Waals surface area contributed by atoms with Crippen molar-refractivity contribution < 1.29 is 0 Å². The minimum absolute atomic E-state index is 0.966. The average Bonchev–Trinajstić information content (AvgIpc) is 3.26. The molecule has 3 aromatic heterocycles. The summed E-state index contributed by atoms with van der Waals surface area (Å²) < 4.78 is 0. The summed E-state index contributed by atoms with van der Waals surface area (Å²) in [7, 11) is 0. The van der Waals surface area contributed by atoms with E-state index in [-0.39, 0.29) is 0 Å². The van der Waals surface area contributed by atoms with E-state index in [4.69, 9.17) is 4.98 Å². The molecule has 0 aliphatic carbocycles. The van der Waals surface area contributed by atoms with Crippen molar-refractivity contribution in [1.82, 2.24) is 14.9 Å². The third-order valence-electron chi connectivity index (χ3n) is 4.38. The SMILES string of the molecule is CCCc1ncc2c(n1)CCN(Cc1ccc(-c3ccsc3)s1)C2. The molecule has 124 valence electrons. The summed E-state index contributed by atoms with van der Waals surface area (Å²) in [5.41, 5.74) is 3.91. The smallest absolute Gasteiger partial charge is 0.128 e. The van der Waals surface area contributed by atoms with Gasteiger partial charge in [-0.1, -0.05) is 6.92 Å². The fourth-order valence-corrected chi connectivity index (χ4v) is 4.92. The van der Waals surface area contributed by atoms with Gasteiger partial charge in [0.15, 0.2) is 0 Å². The van der Waals surface area contributed by atoms with Gasteiger partial charge in [-0.2, -0.15) is 11.3 Å². The quantitative estimate of drug-likeness (QED) is 0.660. The summed E-state index contributed by atoms with van der Waals surface area (Å²) in [6.07, 6.45) is 5.18. The van der Waals surface area contributed by atoms with Crippen LogP contribution < -0.4 is 0 Å². The highest BCUT2D eigenvalue weighted by molar-refractivity contribution is 7.16. The number of nitrogens with zero attached hydrogens (tertiary/aromatic N) is 3. The molecule has 5 heteroatoms. The molecule has 0 amide bonds. The van der Waals surface area contributed by atoms with Crippen molar-refractivity contribution in [2.45, 2.75) is 39.3 Å². The fraction of sp³-hybridized carbons (Fsp3) is 0.368. The predicted octanol–water partition coefficient (Wildman–Crippen LogP) is 4.78. The standard InChI is InChI=1S/C19H21N3S2/c1-2-3-19-20-10-15-11-22(8-6-17(15)21-19)12-16-4-5-18(24-16)14-7-9-23-13-14/h4-5,7,9-10,13H,2-3,6,8,11-12H2,1H3.